The largest absolute Gasteiger partial charge is 0.457 e. The molecule has 0 aliphatic rings. The van der Waals surface area contributed by atoms with Gasteiger partial charge in [-0.3, -0.25) is 13.9 Å². The summed E-state index contributed by atoms with van der Waals surface area (Å²) in [5.41, 5.74) is 2.03. The number of benzene rings is 5. The average molecular weight is 666 g/mol. The molecule has 0 aliphatic carbocycles. The quantitative estimate of drug-likeness (QED) is 0.155. The number of likely N-dealkylation sites (N-methyl/N-ethyl adjacent to an activating group) is 1. The fraction of sp³-hybridized carbons (Fsp3) is 0.158. The van der Waals surface area contributed by atoms with E-state index in [1.54, 1.807) is 54.6 Å². The predicted molar refractivity (Wildman–Crippen MR) is 184 cm³/mol. The fourth-order valence-corrected chi connectivity index (χ4v) is 6.62. The van der Waals surface area contributed by atoms with Gasteiger partial charge in [0.05, 0.1) is 10.6 Å². The Balaban J connectivity index is 1.55. The smallest absolute Gasteiger partial charge is 0.264 e. The normalized spacial score (nSPS) is 11.7. The van der Waals surface area contributed by atoms with Crippen molar-refractivity contribution >= 4 is 27.5 Å². The lowest BCUT2D eigenvalue weighted by Gasteiger charge is -2.33. The van der Waals surface area contributed by atoms with Gasteiger partial charge in [0.2, 0.25) is 11.8 Å². The molecule has 0 bridgehead atoms. The first-order valence-electron chi connectivity index (χ1n) is 15.4. The molecule has 0 saturated heterocycles. The van der Waals surface area contributed by atoms with Crippen LogP contribution in [-0.2, 0) is 32.6 Å². The van der Waals surface area contributed by atoms with Crippen molar-refractivity contribution in [2.24, 2.45) is 0 Å². The van der Waals surface area contributed by atoms with Gasteiger partial charge in [-0.15, -0.1) is 0 Å². The zero-order valence-corrected chi connectivity index (χ0v) is 27.4. The molecule has 48 heavy (non-hydrogen) atoms. The third-order valence-electron chi connectivity index (χ3n) is 7.81. The van der Waals surface area contributed by atoms with Crippen molar-refractivity contribution in [2.75, 3.05) is 17.9 Å². The minimum Gasteiger partial charge on any atom is -0.457 e. The maximum Gasteiger partial charge on any atom is 0.264 e. The number of anilines is 1. The van der Waals surface area contributed by atoms with Crippen molar-refractivity contribution in [2.45, 2.75) is 30.8 Å². The molecule has 1 N–H and O–H groups in total. The number of halogens is 1. The number of carbonyl (C=O) groups excluding carboxylic acids is 2. The van der Waals surface area contributed by atoms with E-state index in [2.05, 4.69) is 5.32 Å². The Morgan fingerprint density at radius 2 is 1.35 bits per heavy atom. The topological polar surface area (TPSA) is 96.0 Å². The van der Waals surface area contributed by atoms with Crippen LogP contribution in [0.1, 0.15) is 16.7 Å². The third kappa shape index (κ3) is 8.26. The van der Waals surface area contributed by atoms with Gasteiger partial charge in [-0.25, -0.2) is 12.8 Å². The Morgan fingerprint density at radius 3 is 1.98 bits per heavy atom. The highest BCUT2D eigenvalue weighted by molar-refractivity contribution is 7.92. The summed E-state index contributed by atoms with van der Waals surface area (Å²) in [5, 5.41) is 2.62. The lowest BCUT2D eigenvalue weighted by molar-refractivity contribution is -0.139. The zero-order chi connectivity index (χ0) is 34.1. The molecule has 0 heterocycles. The minimum atomic E-state index is -4.29. The SMILES string of the molecule is CNC(=O)[C@H](Cc1ccccc1)N(Cc1ccccc1F)C(=O)CN(c1ccc(Oc2ccccc2)cc1)S(=O)(=O)c1ccc(C)cc1. The summed E-state index contributed by atoms with van der Waals surface area (Å²) in [6.07, 6.45) is 0.122. The molecule has 2 amide bonds. The standard InChI is InChI=1S/C38H36FN3O5S/c1-28-17-23-34(24-18-28)48(45,46)42(31-19-21-33(22-20-31)47-32-14-7-4-8-15-32)27-37(43)41(26-30-13-9-10-16-35(30)39)36(38(44)40-2)25-29-11-5-3-6-12-29/h3-24,36H,25-27H2,1-2H3,(H,40,44)/t36-/m0/s1. The summed E-state index contributed by atoms with van der Waals surface area (Å²) in [4.78, 5) is 29.0. The highest BCUT2D eigenvalue weighted by Crippen LogP contribution is 2.29. The number of nitrogens with one attached hydrogen (secondary N) is 1. The van der Waals surface area contributed by atoms with Crippen LogP contribution in [0.5, 0.6) is 11.5 Å². The van der Waals surface area contributed by atoms with Crippen molar-refractivity contribution in [3.63, 3.8) is 0 Å². The molecule has 0 fully saturated rings. The van der Waals surface area contributed by atoms with Gasteiger partial charge in [-0.2, -0.15) is 0 Å². The van der Waals surface area contributed by atoms with Crippen molar-refractivity contribution < 1.29 is 27.1 Å². The van der Waals surface area contributed by atoms with Crippen LogP contribution in [0.4, 0.5) is 10.1 Å². The average Bonchev–Trinajstić information content (AvgIpc) is 3.10. The van der Waals surface area contributed by atoms with E-state index in [1.165, 1.54) is 42.3 Å². The van der Waals surface area contributed by atoms with E-state index in [-0.39, 0.29) is 29.1 Å². The summed E-state index contributed by atoms with van der Waals surface area (Å²) < 4.78 is 50.3. The number of ether oxygens (including phenoxy) is 1. The number of hydrogen-bond acceptors (Lipinski definition) is 5. The first-order chi connectivity index (χ1) is 23.2. The first-order valence-corrected chi connectivity index (χ1v) is 16.8. The van der Waals surface area contributed by atoms with Crippen LogP contribution in [0.3, 0.4) is 0 Å². The Hall–Kier alpha value is -5.48. The molecule has 246 valence electrons. The molecule has 10 heteroatoms. The third-order valence-corrected chi connectivity index (χ3v) is 9.60. The molecular formula is C38H36FN3O5S. The second kappa shape index (κ2) is 15.4. The number of nitrogens with zero attached hydrogens (tertiary/aromatic N) is 2. The minimum absolute atomic E-state index is 0.0155. The van der Waals surface area contributed by atoms with Crippen LogP contribution in [0.25, 0.3) is 0 Å². The maximum absolute atomic E-state index is 15.0. The second-order valence-electron chi connectivity index (χ2n) is 11.2. The summed E-state index contributed by atoms with van der Waals surface area (Å²) in [7, 11) is -2.83. The predicted octanol–water partition coefficient (Wildman–Crippen LogP) is 6.51. The molecule has 0 aromatic heterocycles. The molecule has 0 spiro atoms. The van der Waals surface area contributed by atoms with Crippen molar-refractivity contribution in [3.8, 4) is 11.5 Å². The first kappa shape index (κ1) is 33.9. The Bertz CT molecular complexity index is 1940. The van der Waals surface area contributed by atoms with Crippen LogP contribution >= 0.6 is 0 Å². The van der Waals surface area contributed by atoms with Crippen LogP contribution in [-0.4, -0.2) is 44.8 Å². The van der Waals surface area contributed by atoms with Crippen LogP contribution in [0.2, 0.25) is 0 Å². The number of amides is 2. The zero-order valence-electron chi connectivity index (χ0n) is 26.6. The van der Waals surface area contributed by atoms with E-state index in [0.717, 1.165) is 15.4 Å². The summed E-state index contributed by atoms with van der Waals surface area (Å²) >= 11 is 0. The molecule has 0 saturated carbocycles. The van der Waals surface area contributed by atoms with E-state index in [4.69, 9.17) is 4.74 Å². The second-order valence-corrected chi connectivity index (χ2v) is 13.0. The highest BCUT2D eigenvalue weighted by atomic mass is 32.2. The maximum atomic E-state index is 15.0. The molecule has 5 aromatic rings. The Labute approximate surface area is 280 Å². The molecule has 1 atom stereocenters. The summed E-state index contributed by atoms with van der Waals surface area (Å²) in [6.45, 7) is 0.917. The van der Waals surface area contributed by atoms with E-state index >= 15 is 0 Å². The molecule has 0 unspecified atom stereocenters. The number of carbonyl (C=O) groups is 2. The monoisotopic (exact) mass is 665 g/mol. The molecule has 5 aromatic carbocycles. The fourth-order valence-electron chi connectivity index (χ4n) is 5.20. The van der Waals surface area contributed by atoms with Gasteiger partial charge in [0, 0.05) is 25.6 Å². The Kier molecular flexibility index (Phi) is 10.9. The van der Waals surface area contributed by atoms with Crippen molar-refractivity contribution in [3.05, 3.63) is 156 Å². The number of aryl methyl sites for hydroxylation is 1. The Morgan fingerprint density at radius 1 is 0.771 bits per heavy atom. The summed E-state index contributed by atoms with van der Waals surface area (Å²) in [6, 6.07) is 35.8. The number of sulfonamides is 1. The van der Waals surface area contributed by atoms with Gasteiger partial charge in [-0.05, 0) is 67.1 Å². The van der Waals surface area contributed by atoms with Crippen LogP contribution < -0.4 is 14.4 Å². The van der Waals surface area contributed by atoms with Gasteiger partial charge < -0.3 is 15.0 Å². The van der Waals surface area contributed by atoms with Gasteiger partial charge in [0.15, 0.2) is 0 Å². The summed E-state index contributed by atoms with van der Waals surface area (Å²) in [5.74, 6) is -0.648. The van der Waals surface area contributed by atoms with Gasteiger partial charge in [-0.1, -0.05) is 84.4 Å². The molecule has 8 nitrogen and oxygen atoms in total. The van der Waals surface area contributed by atoms with E-state index < -0.39 is 40.2 Å². The van der Waals surface area contributed by atoms with E-state index in [1.807, 2.05) is 55.5 Å². The van der Waals surface area contributed by atoms with Crippen molar-refractivity contribution in [1.82, 2.24) is 10.2 Å². The van der Waals surface area contributed by atoms with Crippen LogP contribution in [0, 0.1) is 12.7 Å². The van der Waals surface area contributed by atoms with Crippen LogP contribution in [0.15, 0.2) is 138 Å². The number of hydrogen-bond donors (Lipinski definition) is 1. The van der Waals surface area contributed by atoms with Gasteiger partial charge >= 0.3 is 0 Å². The number of rotatable bonds is 13. The number of para-hydroxylation sites is 1. The lowest BCUT2D eigenvalue weighted by Crippen LogP contribution is -2.53. The van der Waals surface area contributed by atoms with E-state index in [9.17, 15) is 22.4 Å². The molecule has 5 rings (SSSR count). The van der Waals surface area contributed by atoms with Crippen molar-refractivity contribution in [1.29, 1.82) is 0 Å². The molecule has 0 aliphatic heterocycles. The van der Waals surface area contributed by atoms with Gasteiger partial charge in [0.25, 0.3) is 10.0 Å². The molecular weight excluding hydrogens is 629 g/mol. The lowest BCUT2D eigenvalue weighted by atomic mass is 10.0. The highest BCUT2D eigenvalue weighted by Gasteiger charge is 2.34. The van der Waals surface area contributed by atoms with Gasteiger partial charge in [0.1, 0.15) is 29.9 Å². The van der Waals surface area contributed by atoms with E-state index in [0.29, 0.717) is 11.5 Å². The molecule has 0 radical (unpaired) electrons.